The minimum Gasteiger partial charge on any atom is -0.336 e. The van der Waals surface area contributed by atoms with Crippen molar-refractivity contribution in [3.63, 3.8) is 0 Å². The van der Waals surface area contributed by atoms with E-state index in [-0.39, 0.29) is 11.9 Å². The molecule has 0 radical (unpaired) electrons. The van der Waals surface area contributed by atoms with Crippen molar-refractivity contribution in [3.8, 4) is 11.3 Å². The van der Waals surface area contributed by atoms with Crippen LogP contribution in [-0.2, 0) is 18.3 Å². The fourth-order valence-corrected chi connectivity index (χ4v) is 4.74. The quantitative estimate of drug-likeness (QED) is 0.756. The van der Waals surface area contributed by atoms with E-state index in [0.717, 1.165) is 53.5 Å². The molecule has 7 nitrogen and oxygen atoms in total. The van der Waals surface area contributed by atoms with Gasteiger partial charge in [0.2, 0.25) is 5.91 Å². The fourth-order valence-electron chi connectivity index (χ4n) is 4.74. The molecule has 0 spiro atoms. The van der Waals surface area contributed by atoms with Gasteiger partial charge in [-0.05, 0) is 43.9 Å². The first-order chi connectivity index (χ1) is 13.6. The average Bonchev–Trinajstić information content (AvgIpc) is 3.22. The molecule has 3 aromatic heterocycles. The highest BCUT2D eigenvalue weighted by Gasteiger charge is 2.41. The maximum absolute atomic E-state index is 13.0. The summed E-state index contributed by atoms with van der Waals surface area (Å²) in [7, 11) is 1.89. The summed E-state index contributed by atoms with van der Waals surface area (Å²) in [5.74, 6) is 0.162. The van der Waals surface area contributed by atoms with Crippen LogP contribution in [-0.4, -0.2) is 48.7 Å². The highest BCUT2D eigenvalue weighted by Crippen LogP contribution is 2.35. The molecule has 5 heterocycles. The van der Waals surface area contributed by atoms with Gasteiger partial charge in [-0.2, -0.15) is 5.10 Å². The lowest BCUT2D eigenvalue weighted by Gasteiger charge is -2.37. The number of aryl methyl sites for hydroxylation is 1. The van der Waals surface area contributed by atoms with Crippen molar-refractivity contribution in [1.29, 1.82) is 0 Å². The molecule has 1 unspecified atom stereocenters. The molecule has 2 fully saturated rings. The zero-order chi connectivity index (χ0) is 19.3. The lowest BCUT2D eigenvalue weighted by atomic mass is 9.97. The summed E-state index contributed by atoms with van der Waals surface area (Å²) < 4.78 is 1.76. The van der Waals surface area contributed by atoms with Gasteiger partial charge in [-0.15, -0.1) is 0 Å². The third-order valence-electron chi connectivity index (χ3n) is 6.02. The van der Waals surface area contributed by atoms with E-state index in [9.17, 15) is 4.79 Å². The number of amides is 1. The maximum Gasteiger partial charge on any atom is 0.229 e. The average molecular weight is 376 g/mol. The van der Waals surface area contributed by atoms with Gasteiger partial charge in [0.1, 0.15) is 0 Å². The number of aromatic nitrogens is 4. The van der Waals surface area contributed by atoms with Gasteiger partial charge in [0.15, 0.2) is 0 Å². The molecule has 2 aliphatic rings. The lowest BCUT2D eigenvalue weighted by molar-refractivity contribution is -0.135. The van der Waals surface area contributed by atoms with Gasteiger partial charge >= 0.3 is 0 Å². The van der Waals surface area contributed by atoms with Crippen LogP contribution in [0.15, 0.2) is 36.8 Å². The molecule has 2 bridgehead atoms. The summed E-state index contributed by atoms with van der Waals surface area (Å²) in [6.45, 7) is 0. The van der Waals surface area contributed by atoms with Crippen LogP contribution >= 0.6 is 0 Å². The van der Waals surface area contributed by atoms with Crippen LogP contribution in [0.2, 0.25) is 0 Å². The normalized spacial score (nSPS) is 24.1. The van der Waals surface area contributed by atoms with E-state index in [0.29, 0.717) is 18.5 Å². The minimum absolute atomic E-state index is 0.162. The van der Waals surface area contributed by atoms with Crippen LogP contribution in [0.25, 0.3) is 22.2 Å². The molecular weight excluding hydrogens is 352 g/mol. The Kier molecular flexibility index (Phi) is 4.12. The Morgan fingerprint density at radius 3 is 2.71 bits per heavy atom. The Hall–Kier alpha value is -2.80. The second kappa shape index (κ2) is 6.67. The number of rotatable bonds is 3. The van der Waals surface area contributed by atoms with Crippen LogP contribution in [0.5, 0.6) is 0 Å². The summed E-state index contributed by atoms with van der Waals surface area (Å²) >= 11 is 0. The second-order valence-electron chi connectivity index (χ2n) is 8.06. The predicted molar refractivity (Wildman–Crippen MR) is 106 cm³/mol. The third-order valence-corrected chi connectivity index (χ3v) is 6.02. The number of carbonyl (C=O) groups excluding carboxylic acids is 1. The third kappa shape index (κ3) is 3.05. The Morgan fingerprint density at radius 1 is 1.21 bits per heavy atom. The zero-order valence-electron chi connectivity index (χ0n) is 16.0. The molecule has 3 aromatic rings. The highest BCUT2D eigenvalue weighted by atomic mass is 16.2. The Balaban J connectivity index is 1.39. The van der Waals surface area contributed by atoms with E-state index < -0.39 is 0 Å². The molecule has 2 saturated heterocycles. The Bertz CT molecular complexity index is 1030. The molecule has 2 aliphatic heterocycles. The molecule has 144 valence electrons. The summed E-state index contributed by atoms with van der Waals surface area (Å²) in [6.07, 6.45) is 9.85. The van der Waals surface area contributed by atoms with Crippen molar-refractivity contribution in [3.05, 3.63) is 42.5 Å². The number of nitrogens with two attached hydrogens (primary N) is 1. The first-order valence-electron chi connectivity index (χ1n) is 9.88. The summed E-state index contributed by atoms with van der Waals surface area (Å²) in [4.78, 5) is 24.3. The monoisotopic (exact) mass is 376 g/mol. The molecule has 7 heteroatoms. The molecule has 5 rings (SSSR count). The van der Waals surface area contributed by atoms with Crippen molar-refractivity contribution >= 4 is 16.8 Å². The van der Waals surface area contributed by atoms with Gasteiger partial charge in [-0.3, -0.25) is 14.5 Å². The van der Waals surface area contributed by atoms with Crippen LogP contribution < -0.4 is 5.73 Å². The fraction of sp³-hybridized carbons (Fsp3) is 0.429. The van der Waals surface area contributed by atoms with Crippen LogP contribution in [0.1, 0.15) is 31.4 Å². The minimum atomic E-state index is 0.162. The first-order valence-corrected chi connectivity index (χ1v) is 9.88. The standard InChI is InChI=1S/C21H24N6O/c1-26-12-14(11-24-26)19-5-2-13-10-23-16(8-20(13)25-19)9-21(28)27-17-3-4-18(27)7-15(22)6-17/h2,5,8,10-12,15,17-18H,3-4,6-7,9,22H2,1H3/t15?,17-,18+. The second-order valence-corrected chi connectivity index (χ2v) is 8.06. The van der Waals surface area contributed by atoms with E-state index in [1.165, 1.54) is 0 Å². The maximum atomic E-state index is 13.0. The molecule has 0 aliphatic carbocycles. The summed E-state index contributed by atoms with van der Waals surface area (Å²) in [5, 5.41) is 5.18. The number of nitrogens with zero attached hydrogens (tertiary/aromatic N) is 5. The zero-order valence-corrected chi connectivity index (χ0v) is 16.0. The largest absolute Gasteiger partial charge is 0.336 e. The van der Waals surface area contributed by atoms with Crippen molar-refractivity contribution in [2.24, 2.45) is 12.8 Å². The van der Waals surface area contributed by atoms with Crippen LogP contribution in [0, 0.1) is 0 Å². The van der Waals surface area contributed by atoms with Crippen molar-refractivity contribution < 1.29 is 4.79 Å². The summed E-state index contributed by atoms with van der Waals surface area (Å²) in [6, 6.07) is 6.75. The van der Waals surface area contributed by atoms with Gasteiger partial charge in [-0.25, -0.2) is 4.98 Å². The van der Waals surface area contributed by atoms with Gasteiger partial charge in [-0.1, -0.05) is 0 Å². The lowest BCUT2D eigenvalue weighted by Crippen LogP contribution is -2.50. The molecule has 0 saturated carbocycles. The molecule has 2 N–H and O–H groups in total. The number of hydrogen-bond acceptors (Lipinski definition) is 5. The molecule has 28 heavy (non-hydrogen) atoms. The number of carbonyl (C=O) groups is 1. The van der Waals surface area contributed by atoms with Gasteiger partial charge in [0, 0.05) is 48.5 Å². The highest BCUT2D eigenvalue weighted by molar-refractivity contribution is 5.83. The van der Waals surface area contributed by atoms with Gasteiger partial charge in [0.05, 0.1) is 29.5 Å². The van der Waals surface area contributed by atoms with Crippen molar-refractivity contribution in [2.75, 3.05) is 0 Å². The van der Waals surface area contributed by atoms with E-state index in [2.05, 4.69) is 15.0 Å². The van der Waals surface area contributed by atoms with Crippen LogP contribution in [0.4, 0.5) is 0 Å². The molecule has 1 amide bonds. The van der Waals surface area contributed by atoms with E-state index in [1.807, 2.05) is 31.4 Å². The number of hydrogen-bond donors (Lipinski definition) is 1. The Morgan fingerprint density at radius 2 is 2.00 bits per heavy atom. The number of fused-ring (bicyclic) bond motifs is 3. The van der Waals surface area contributed by atoms with Crippen molar-refractivity contribution in [2.45, 2.75) is 50.2 Å². The molecular formula is C21H24N6O. The smallest absolute Gasteiger partial charge is 0.229 e. The number of piperidine rings is 1. The van der Waals surface area contributed by atoms with E-state index in [4.69, 9.17) is 10.7 Å². The SMILES string of the molecule is Cn1cc(-c2ccc3cnc(CC(=O)N4[C@@H]5CC[C@H]4CC(N)C5)cc3n2)cn1. The number of pyridine rings is 2. The predicted octanol–water partition coefficient (Wildman–Crippen LogP) is 2.05. The van der Waals surface area contributed by atoms with E-state index in [1.54, 1.807) is 17.1 Å². The molecule has 0 aromatic carbocycles. The van der Waals surface area contributed by atoms with Crippen LogP contribution in [0.3, 0.4) is 0 Å². The Labute approximate surface area is 163 Å². The van der Waals surface area contributed by atoms with Gasteiger partial charge in [0.25, 0.3) is 0 Å². The first kappa shape index (κ1) is 17.3. The molecule has 3 atom stereocenters. The summed E-state index contributed by atoms with van der Waals surface area (Å²) in [5.41, 5.74) is 9.59. The van der Waals surface area contributed by atoms with Gasteiger partial charge < -0.3 is 10.6 Å². The van der Waals surface area contributed by atoms with Crippen molar-refractivity contribution in [1.82, 2.24) is 24.6 Å². The topological polar surface area (TPSA) is 89.9 Å². The van der Waals surface area contributed by atoms with E-state index >= 15 is 0 Å².